The Hall–Kier alpha value is -3.22. The van der Waals surface area contributed by atoms with Crippen LogP contribution in [0.3, 0.4) is 0 Å². The van der Waals surface area contributed by atoms with Crippen LogP contribution in [0.1, 0.15) is 5.69 Å². The molecule has 2 aromatic heterocycles. The van der Waals surface area contributed by atoms with Gasteiger partial charge in [0.2, 0.25) is 5.75 Å². The highest BCUT2D eigenvalue weighted by Gasteiger charge is 2.21. The summed E-state index contributed by atoms with van der Waals surface area (Å²) in [5, 5.41) is 10.7. The number of rotatable bonds is 5. The van der Waals surface area contributed by atoms with Gasteiger partial charge in [0.1, 0.15) is 5.69 Å². The molecule has 0 radical (unpaired) electrons. The monoisotopic (exact) mass is 341 g/mol. The van der Waals surface area contributed by atoms with Crippen LogP contribution in [0.2, 0.25) is 0 Å². The van der Waals surface area contributed by atoms with E-state index in [1.807, 2.05) is 13.0 Å². The highest BCUT2D eigenvalue weighted by atomic mass is 16.5. The third kappa shape index (κ3) is 2.84. The summed E-state index contributed by atoms with van der Waals surface area (Å²) < 4.78 is 17.1. The molecule has 0 fully saturated rings. The van der Waals surface area contributed by atoms with E-state index in [0.29, 0.717) is 40.0 Å². The predicted molar refractivity (Wildman–Crippen MR) is 92.5 cm³/mol. The highest BCUT2D eigenvalue weighted by molar-refractivity contribution is 5.71. The first-order chi connectivity index (χ1) is 12.1. The third-order valence-corrected chi connectivity index (χ3v) is 3.89. The van der Waals surface area contributed by atoms with Gasteiger partial charge in [-0.25, -0.2) is 4.98 Å². The summed E-state index contributed by atoms with van der Waals surface area (Å²) in [5.74, 6) is 1.82. The molecule has 1 aromatic carbocycles. The molecule has 7 nitrogen and oxygen atoms in total. The molecule has 2 heterocycles. The first-order valence-corrected chi connectivity index (χ1v) is 7.60. The molecular formula is C18H19N3O4. The number of nitrogens with zero attached hydrogens (tertiary/aromatic N) is 3. The number of hydrogen-bond acceptors (Lipinski definition) is 6. The SMILES string of the molecule is COc1cc(-c2nc(C)c(-c3cccnc3)n2O)cc(OC)c1OC. The first-order valence-electron chi connectivity index (χ1n) is 7.60. The average Bonchev–Trinajstić information content (AvgIpc) is 2.95. The van der Waals surface area contributed by atoms with Crippen LogP contribution >= 0.6 is 0 Å². The Balaban J connectivity index is 2.18. The first kappa shape index (κ1) is 16.6. The van der Waals surface area contributed by atoms with Crippen molar-refractivity contribution >= 4 is 0 Å². The standard InChI is InChI=1S/C18H19N3O4/c1-11-16(12-6-5-7-19-10-12)21(22)18(20-11)13-8-14(23-2)17(25-4)15(9-13)24-3/h5-10,22H,1-4H3. The van der Waals surface area contributed by atoms with Gasteiger partial charge in [0.15, 0.2) is 17.3 Å². The molecule has 7 heteroatoms. The van der Waals surface area contributed by atoms with Gasteiger partial charge in [-0.05, 0) is 31.2 Å². The van der Waals surface area contributed by atoms with Crippen molar-refractivity contribution in [3.8, 4) is 39.9 Å². The van der Waals surface area contributed by atoms with E-state index in [4.69, 9.17) is 14.2 Å². The lowest BCUT2D eigenvalue weighted by molar-refractivity contribution is 0.195. The van der Waals surface area contributed by atoms with Crippen LogP contribution in [0, 0.1) is 6.92 Å². The summed E-state index contributed by atoms with van der Waals surface area (Å²) in [4.78, 5) is 8.59. The number of aromatic nitrogens is 3. The van der Waals surface area contributed by atoms with Gasteiger partial charge in [-0.3, -0.25) is 4.98 Å². The lowest BCUT2D eigenvalue weighted by Gasteiger charge is -2.14. The molecule has 130 valence electrons. The molecular weight excluding hydrogens is 322 g/mol. The maximum atomic E-state index is 10.7. The molecule has 0 spiro atoms. The fraction of sp³-hybridized carbons (Fsp3) is 0.222. The second kappa shape index (κ2) is 6.72. The summed E-state index contributed by atoms with van der Waals surface area (Å²) >= 11 is 0. The zero-order chi connectivity index (χ0) is 18.0. The van der Waals surface area contributed by atoms with Gasteiger partial charge >= 0.3 is 0 Å². The fourth-order valence-electron chi connectivity index (χ4n) is 2.75. The normalized spacial score (nSPS) is 10.6. The Kier molecular flexibility index (Phi) is 4.47. The zero-order valence-corrected chi connectivity index (χ0v) is 14.5. The van der Waals surface area contributed by atoms with E-state index in [1.54, 1.807) is 44.8 Å². The van der Waals surface area contributed by atoms with Crippen molar-refractivity contribution in [2.45, 2.75) is 6.92 Å². The Labute approximate surface area is 145 Å². The molecule has 0 unspecified atom stereocenters. The minimum atomic E-state index is 0.371. The van der Waals surface area contributed by atoms with E-state index in [0.717, 1.165) is 10.3 Å². The van der Waals surface area contributed by atoms with Crippen molar-refractivity contribution in [3.63, 3.8) is 0 Å². The van der Waals surface area contributed by atoms with Gasteiger partial charge in [-0.1, -0.05) is 0 Å². The van der Waals surface area contributed by atoms with E-state index >= 15 is 0 Å². The summed E-state index contributed by atoms with van der Waals surface area (Å²) in [6.07, 6.45) is 3.35. The molecule has 25 heavy (non-hydrogen) atoms. The number of ether oxygens (including phenoxy) is 3. The quantitative estimate of drug-likeness (QED) is 0.718. The van der Waals surface area contributed by atoms with Gasteiger partial charge in [0.05, 0.1) is 27.0 Å². The van der Waals surface area contributed by atoms with Crippen molar-refractivity contribution in [3.05, 3.63) is 42.4 Å². The summed E-state index contributed by atoms with van der Waals surface area (Å²) in [5.41, 5.74) is 2.67. The Morgan fingerprint density at radius 2 is 1.68 bits per heavy atom. The maximum Gasteiger partial charge on any atom is 0.203 e. The van der Waals surface area contributed by atoms with Crippen LogP contribution in [0.4, 0.5) is 0 Å². The molecule has 0 saturated heterocycles. The molecule has 0 bridgehead atoms. The van der Waals surface area contributed by atoms with Crippen molar-refractivity contribution in [2.75, 3.05) is 21.3 Å². The number of pyridine rings is 1. The molecule has 0 amide bonds. The summed E-state index contributed by atoms with van der Waals surface area (Å²) in [7, 11) is 4.62. The van der Waals surface area contributed by atoms with E-state index in [-0.39, 0.29) is 0 Å². The van der Waals surface area contributed by atoms with Crippen LogP contribution in [0.25, 0.3) is 22.6 Å². The van der Waals surface area contributed by atoms with Crippen molar-refractivity contribution in [2.24, 2.45) is 0 Å². The van der Waals surface area contributed by atoms with Crippen LogP contribution in [0.5, 0.6) is 17.2 Å². The lowest BCUT2D eigenvalue weighted by atomic mass is 10.1. The molecule has 1 N–H and O–H groups in total. The van der Waals surface area contributed by atoms with Gasteiger partial charge in [-0.15, -0.1) is 0 Å². The van der Waals surface area contributed by atoms with Crippen LogP contribution in [0.15, 0.2) is 36.7 Å². The Morgan fingerprint density at radius 1 is 1.00 bits per heavy atom. The minimum absolute atomic E-state index is 0.371. The Morgan fingerprint density at radius 3 is 2.20 bits per heavy atom. The lowest BCUT2D eigenvalue weighted by Crippen LogP contribution is -2.00. The number of benzene rings is 1. The van der Waals surface area contributed by atoms with Gasteiger partial charge < -0.3 is 19.4 Å². The van der Waals surface area contributed by atoms with Gasteiger partial charge in [-0.2, -0.15) is 4.73 Å². The van der Waals surface area contributed by atoms with Crippen molar-refractivity contribution in [1.29, 1.82) is 0 Å². The second-order valence-electron chi connectivity index (χ2n) is 5.34. The molecule has 0 aliphatic rings. The number of aryl methyl sites for hydroxylation is 1. The van der Waals surface area contributed by atoms with Crippen LogP contribution in [-0.2, 0) is 0 Å². The average molecular weight is 341 g/mol. The summed E-state index contributed by atoms with van der Waals surface area (Å²) in [6, 6.07) is 7.15. The molecule has 3 rings (SSSR count). The van der Waals surface area contributed by atoms with E-state index < -0.39 is 0 Å². The minimum Gasteiger partial charge on any atom is -0.493 e. The van der Waals surface area contributed by atoms with Gasteiger partial charge in [0, 0.05) is 23.5 Å². The molecule has 0 atom stereocenters. The smallest absolute Gasteiger partial charge is 0.203 e. The Bertz CT molecular complexity index is 866. The van der Waals surface area contributed by atoms with Crippen LogP contribution < -0.4 is 14.2 Å². The van der Waals surface area contributed by atoms with E-state index in [1.165, 1.54) is 7.11 Å². The van der Waals surface area contributed by atoms with Crippen molar-refractivity contribution in [1.82, 2.24) is 14.7 Å². The summed E-state index contributed by atoms with van der Waals surface area (Å²) in [6.45, 7) is 1.83. The molecule has 0 aliphatic heterocycles. The molecule has 0 saturated carbocycles. The molecule has 0 aliphatic carbocycles. The topological polar surface area (TPSA) is 78.6 Å². The molecule has 3 aromatic rings. The number of imidazole rings is 1. The maximum absolute atomic E-state index is 10.7. The highest BCUT2D eigenvalue weighted by Crippen LogP contribution is 2.41. The van der Waals surface area contributed by atoms with E-state index in [2.05, 4.69) is 9.97 Å². The zero-order valence-electron chi connectivity index (χ0n) is 14.5. The number of hydrogen-bond donors (Lipinski definition) is 1. The third-order valence-electron chi connectivity index (χ3n) is 3.89. The fourth-order valence-corrected chi connectivity index (χ4v) is 2.75. The van der Waals surface area contributed by atoms with E-state index in [9.17, 15) is 5.21 Å². The largest absolute Gasteiger partial charge is 0.493 e. The van der Waals surface area contributed by atoms with Crippen LogP contribution in [-0.4, -0.2) is 41.2 Å². The van der Waals surface area contributed by atoms with Gasteiger partial charge in [0.25, 0.3) is 0 Å². The van der Waals surface area contributed by atoms with Crippen molar-refractivity contribution < 1.29 is 19.4 Å². The predicted octanol–water partition coefficient (Wildman–Crippen LogP) is 3.18. The number of methoxy groups -OCH3 is 3. The second-order valence-corrected chi connectivity index (χ2v) is 5.34.